The lowest BCUT2D eigenvalue weighted by atomic mass is 10.1. The largest absolute Gasteiger partial charge is 0.497 e. The van der Waals surface area contributed by atoms with Crippen LogP contribution in [0, 0.1) is 0 Å². The Bertz CT molecular complexity index is 753. The Morgan fingerprint density at radius 3 is 1.89 bits per heavy atom. The number of piperazine rings is 1. The molecule has 0 spiro atoms. The molecule has 1 heterocycles. The van der Waals surface area contributed by atoms with E-state index in [-0.39, 0.29) is 11.9 Å². The van der Waals surface area contributed by atoms with Crippen LogP contribution in [0.25, 0.3) is 0 Å². The van der Waals surface area contributed by atoms with Gasteiger partial charge in [-0.3, -0.25) is 9.69 Å². The lowest BCUT2D eigenvalue weighted by Gasteiger charge is -2.38. The summed E-state index contributed by atoms with van der Waals surface area (Å²) in [6.45, 7) is 5.89. The van der Waals surface area contributed by atoms with Gasteiger partial charge < -0.3 is 19.1 Å². The normalized spacial score (nSPS) is 15.8. The lowest BCUT2D eigenvalue weighted by Crippen LogP contribution is -2.52. The minimum absolute atomic E-state index is 0.0736. The Morgan fingerprint density at radius 2 is 1.36 bits per heavy atom. The van der Waals surface area contributed by atoms with E-state index in [1.165, 1.54) is 0 Å². The topological polar surface area (TPSA) is 51.2 Å². The predicted octanol–water partition coefficient (Wildman–Crippen LogP) is 2.93. The second-order valence-electron chi connectivity index (χ2n) is 6.89. The molecule has 1 amide bonds. The van der Waals surface area contributed by atoms with Crippen LogP contribution in [0.3, 0.4) is 0 Å². The predicted molar refractivity (Wildman–Crippen MR) is 108 cm³/mol. The first-order chi connectivity index (χ1) is 13.6. The van der Waals surface area contributed by atoms with Gasteiger partial charge in [0.15, 0.2) is 0 Å². The lowest BCUT2D eigenvalue weighted by molar-refractivity contribution is 0.0529. The van der Waals surface area contributed by atoms with Crippen molar-refractivity contribution >= 4 is 5.91 Å². The van der Waals surface area contributed by atoms with Crippen LogP contribution in [0.2, 0.25) is 0 Å². The Labute approximate surface area is 166 Å². The monoisotopic (exact) mass is 384 g/mol. The molecular weight excluding hydrogens is 356 g/mol. The van der Waals surface area contributed by atoms with Crippen LogP contribution in [-0.4, -0.2) is 68.8 Å². The van der Waals surface area contributed by atoms with Gasteiger partial charge in [0.2, 0.25) is 0 Å². The zero-order chi connectivity index (χ0) is 19.9. The number of carbonyl (C=O) groups excluding carboxylic acids is 1. The molecule has 1 atom stereocenters. The van der Waals surface area contributed by atoms with Gasteiger partial charge in [0, 0.05) is 37.8 Å². The minimum Gasteiger partial charge on any atom is -0.497 e. The molecule has 1 saturated heterocycles. The van der Waals surface area contributed by atoms with Crippen molar-refractivity contribution in [3.05, 3.63) is 54.1 Å². The summed E-state index contributed by atoms with van der Waals surface area (Å²) in [6.07, 6.45) is 0. The number of carbonyl (C=O) groups is 1. The summed E-state index contributed by atoms with van der Waals surface area (Å²) in [6, 6.07) is 15.2. The number of hydrogen-bond acceptors (Lipinski definition) is 5. The van der Waals surface area contributed by atoms with Crippen LogP contribution in [0.5, 0.6) is 17.2 Å². The molecule has 0 radical (unpaired) electrons. The summed E-state index contributed by atoms with van der Waals surface area (Å²) >= 11 is 0. The first-order valence-corrected chi connectivity index (χ1v) is 9.55. The molecule has 0 bridgehead atoms. The summed E-state index contributed by atoms with van der Waals surface area (Å²) < 4.78 is 16.2. The van der Waals surface area contributed by atoms with Gasteiger partial charge in [0.05, 0.1) is 14.2 Å². The summed E-state index contributed by atoms with van der Waals surface area (Å²) in [4.78, 5) is 16.9. The van der Waals surface area contributed by atoms with E-state index in [1.807, 2.05) is 53.4 Å². The van der Waals surface area contributed by atoms with Crippen LogP contribution in [0.1, 0.15) is 17.3 Å². The maximum absolute atomic E-state index is 12.7. The molecule has 6 heteroatoms. The van der Waals surface area contributed by atoms with E-state index in [1.54, 1.807) is 14.2 Å². The van der Waals surface area contributed by atoms with Gasteiger partial charge in [-0.2, -0.15) is 0 Å². The third-order valence-electron chi connectivity index (χ3n) is 5.11. The number of ether oxygens (including phenoxy) is 3. The standard InChI is InChI=1S/C22H28N2O4/c1-17(16-28-21-10-8-20(27-3)9-11-21)23-12-14-24(15-13-23)22(25)18-4-6-19(26-2)7-5-18/h4-11,17H,12-16H2,1-3H3. The van der Waals surface area contributed by atoms with E-state index in [4.69, 9.17) is 14.2 Å². The van der Waals surface area contributed by atoms with Gasteiger partial charge in [-0.05, 0) is 55.5 Å². The van der Waals surface area contributed by atoms with Crippen molar-refractivity contribution in [3.63, 3.8) is 0 Å². The first-order valence-electron chi connectivity index (χ1n) is 9.55. The number of amides is 1. The van der Waals surface area contributed by atoms with Crippen LogP contribution in [-0.2, 0) is 0 Å². The average molecular weight is 384 g/mol. The van der Waals surface area contributed by atoms with Crippen molar-refractivity contribution in [3.8, 4) is 17.2 Å². The molecule has 6 nitrogen and oxygen atoms in total. The zero-order valence-electron chi connectivity index (χ0n) is 16.8. The Hall–Kier alpha value is -2.73. The van der Waals surface area contributed by atoms with Crippen LogP contribution < -0.4 is 14.2 Å². The van der Waals surface area contributed by atoms with Gasteiger partial charge in [0.25, 0.3) is 5.91 Å². The molecule has 0 saturated carbocycles. The van der Waals surface area contributed by atoms with Crippen molar-refractivity contribution in [2.45, 2.75) is 13.0 Å². The molecule has 150 valence electrons. The van der Waals surface area contributed by atoms with Crippen LogP contribution in [0.4, 0.5) is 0 Å². The maximum atomic E-state index is 12.7. The highest BCUT2D eigenvalue weighted by molar-refractivity contribution is 5.94. The first kappa shape index (κ1) is 20.0. The van der Waals surface area contributed by atoms with E-state index in [0.717, 1.165) is 43.4 Å². The van der Waals surface area contributed by atoms with Crippen LogP contribution >= 0.6 is 0 Å². The van der Waals surface area contributed by atoms with Crippen LogP contribution in [0.15, 0.2) is 48.5 Å². The fraction of sp³-hybridized carbons (Fsp3) is 0.409. The van der Waals surface area contributed by atoms with E-state index in [2.05, 4.69) is 11.8 Å². The van der Waals surface area contributed by atoms with Crippen molar-refractivity contribution in [2.24, 2.45) is 0 Å². The zero-order valence-corrected chi connectivity index (χ0v) is 16.8. The second kappa shape index (κ2) is 9.46. The molecule has 1 aliphatic rings. The Kier molecular flexibility index (Phi) is 6.76. The summed E-state index contributed by atoms with van der Waals surface area (Å²) in [5, 5.41) is 0. The maximum Gasteiger partial charge on any atom is 0.253 e. The summed E-state index contributed by atoms with van der Waals surface area (Å²) in [7, 11) is 3.27. The number of methoxy groups -OCH3 is 2. The smallest absolute Gasteiger partial charge is 0.253 e. The van der Waals surface area contributed by atoms with E-state index < -0.39 is 0 Å². The molecule has 0 aromatic heterocycles. The molecule has 28 heavy (non-hydrogen) atoms. The molecular formula is C22H28N2O4. The van der Waals surface area contributed by atoms with Crippen molar-refractivity contribution in [2.75, 3.05) is 47.0 Å². The molecule has 2 aromatic carbocycles. The number of benzene rings is 2. The SMILES string of the molecule is COc1ccc(OCC(C)N2CCN(C(=O)c3ccc(OC)cc3)CC2)cc1. The Balaban J connectivity index is 1.46. The fourth-order valence-corrected chi connectivity index (χ4v) is 3.28. The Morgan fingerprint density at radius 1 is 0.857 bits per heavy atom. The minimum atomic E-state index is 0.0736. The number of nitrogens with zero attached hydrogens (tertiary/aromatic N) is 2. The quantitative estimate of drug-likeness (QED) is 0.735. The fourth-order valence-electron chi connectivity index (χ4n) is 3.28. The van der Waals surface area contributed by atoms with Gasteiger partial charge >= 0.3 is 0 Å². The molecule has 1 unspecified atom stereocenters. The number of rotatable bonds is 7. The molecule has 0 aliphatic carbocycles. The molecule has 0 N–H and O–H groups in total. The van der Waals surface area contributed by atoms with Crippen molar-refractivity contribution in [1.82, 2.24) is 9.80 Å². The van der Waals surface area contributed by atoms with Gasteiger partial charge in [-0.25, -0.2) is 0 Å². The highest BCUT2D eigenvalue weighted by Gasteiger charge is 2.25. The van der Waals surface area contributed by atoms with E-state index in [0.29, 0.717) is 12.2 Å². The molecule has 3 rings (SSSR count). The molecule has 1 fully saturated rings. The highest BCUT2D eigenvalue weighted by atomic mass is 16.5. The van der Waals surface area contributed by atoms with E-state index in [9.17, 15) is 4.79 Å². The molecule has 2 aromatic rings. The van der Waals surface area contributed by atoms with Gasteiger partial charge in [-0.15, -0.1) is 0 Å². The summed E-state index contributed by atoms with van der Waals surface area (Å²) in [5.74, 6) is 2.48. The van der Waals surface area contributed by atoms with Gasteiger partial charge in [0.1, 0.15) is 23.9 Å². The number of hydrogen-bond donors (Lipinski definition) is 0. The second-order valence-corrected chi connectivity index (χ2v) is 6.89. The van der Waals surface area contributed by atoms with Gasteiger partial charge in [-0.1, -0.05) is 0 Å². The molecule has 1 aliphatic heterocycles. The third kappa shape index (κ3) is 4.95. The van der Waals surface area contributed by atoms with Crippen molar-refractivity contribution in [1.29, 1.82) is 0 Å². The summed E-state index contributed by atoms with van der Waals surface area (Å²) in [5.41, 5.74) is 0.699. The average Bonchev–Trinajstić information content (AvgIpc) is 2.77. The van der Waals surface area contributed by atoms with Crippen molar-refractivity contribution < 1.29 is 19.0 Å². The van der Waals surface area contributed by atoms with E-state index >= 15 is 0 Å². The third-order valence-corrected chi connectivity index (χ3v) is 5.11. The highest BCUT2D eigenvalue weighted by Crippen LogP contribution is 2.18.